The first-order chi connectivity index (χ1) is 10.0. The molecule has 21 heavy (non-hydrogen) atoms. The molecule has 0 saturated carbocycles. The van der Waals surface area contributed by atoms with E-state index in [0.29, 0.717) is 18.2 Å². The van der Waals surface area contributed by atoms with Crippen molar-refractivity contribution in [3.8, 4) is 0 Å². The van der Waals surface area contributed by atoms with Crippen molar-refractivity contribution in [3.63, 3.8) is 0 Å². The van der Waals surface area contributed by atoms with Gasteiger partial charge in [-0.2, -0.15) is 0 Å². The molecule has 0 N–H and O–H groups in total. The Labute approximate surface area is 147 Å². The Kier molecular flexibility index (Phi) is 5.96. The van der Waals surface area contributed by atoms with E-state index in [1.165, 1.54) is 6.07 Å². The minimum Gasteiger partial charge on any atom is -0.205 e. The highest BCUT2D eigenvalue weighted by Gasteiger charge is 2.31. The summed E-state index contributed by atoms with van der Waals surface area (Å²) in [6.07, 6.45) is 0.546. The first-order valence-electron chi connectivity index (χ1n) is 6.33. The molecule has 2 rings (SSSR count). The highest BCUT2D eigenvalue weighted by molar-refractivity contribution is 9.10. The monoisotopic (exact) mass is 408 g/mol. The third-order valence-corrected chi connectivity index (χ3v) is 5.30. The summed E-state index contributed by atoms with van der Waals surface area (Å²) >= 11 is 21.6. The standard InChI is InChI=1S/C16H13BrCl3F/c17-13-3-1-2-12(7-13)16(9-18,10-19)8-11-4-5-14(20)15(21)6-11/h1-7H,8-10H2. The SMILES string of the molecule is Fc1cc(CC(CCl)(CCl)c2cccc(Br)c2)ccc1Cl. The van der Waals surface area contributed by atoms with E-state index in [1.54, 1.807) is 12.1 Å². The second kappa shape index (κ2) is 7.32. The number of halogens is 5. The van der Waals surface area contributed by atoms with Crippen molar-refractivity contribution in [3.05, 3.63) is 68.9 Å². The molecule has 0 aliphatic rings. The Hall–Kier alpha value is -0.280. The van der Waals surface area contributed by atoms with Crippen LogP contribution in [0.2, 0.25) is 5.02 Å². The highest BCUT2D eigenvalue weighted by atomic mass is 79.9. The normalized spacial score (nSPS) is 11.7. The van der Waals surface area contributed by atoms with Gasteiger partial charge in [0.2, 0.25) is 0 Å². The van der Waals surface area contributed by atoms with E-state index in [1.807, 2.05) is 24.3 Å². The fourth-order valence-electron chi connectivity index (χ4n) is 2.25. The van der Waals surface area contributed by atoms with E-state index in [2.05, 4.69) is 15.9 Å². The molecule has 0 aromatic heterocycles. The summed E-state index contributed by atoms with van der Waals surface area (Å²) < 4.78 is 14.6. The van der Waals surface area contributed by atoms with Crippen molar-refractivity contribution in [2.24, 2.45) is 0 Å². The fourth-order valence-corrected chi connectivity index (χ4v) is 3.55. The van der Waals surface area contributed by atoms with Gasteiger partial charge in [-0.05, 0) is 41.8 Å². The zero-order valence-electron chi connectivity index (χ0n) is 11.1. The summed E-state index contributed by atoms with van der Waals surface area (Å²) in [5.74, 6) is 0.260. The summed E-state index contributed by atoms with van der Waals surface area (Å²) in [6.45, 7) is 0. The lowest BCUT2D eigenvalue weighted by molar-refractivity contribution is 0.532. The van der Waals surface area contributed by atoms with Gasteiger partial charge >= 0.3 is 0 Å². The van der Waals surface area contributed by atoms with Crippen molar-refractivity contribution in [2.45, 2.75) is 11.8 Å². The third-order valence-electron chi connectivity index (χ3n) is 3.48. The molecule has 0 aliphatic heterocycles. The van der Waals surface area contributed by atoms with E-state index in [-0.39, 0.29) is 5.02 Å². The van der Waals surface area contributed by atoms with E-state index >= 15 is 0 Å². The summed E-state index contributed by atoms with van der Waals surface area (Å²) in [4.78, 5) is 0. The molecule has 0 aliphatic carbocycles. The third kappa shape index (κ3) is 3.92. The maximum atomic E-state index is 13.6. The Morgan fingerprint density at radius 3 is 2.33 bits per heavy atom. The van der Waals surface area contributed by atoms with Crippen LogP contribution in [0.1, 0.15) is 11.1 Å². The molecule has 2 aromatic rings. The second-order valence-corrected chi connectivity index (χ2v) is 6.84. The average Bonchev–Trinajstić information content (AvgIpc) is 2.48. The van der Waals surface area contributed by atoms with E-state index in [4.69, 9.17) is 34.8 Å². The Morgan fingerprint density at radius 1 is 1.05 bits per heavy atom. The number of rotatable bonds is 5. The molecule has 0 heterocycles. The lowest BCUT2D eigenvalue weighted by Crippen LogP contribution is -2.33. The maximum Gasteiger partial charge on any atom is 0.142 e. The highest BCUT2D eigenvalue weighted by Crippen LogP contribution is 2.33. The van der Waals surface area contributed by atoms with Gasteiger partial charge in [0.25, 0.3) is 0 Å². The van der Waals surface area contributed by atoms with Crippen LogP contribution in [0, 0.1) is 5.82 Å². The summed E-state index contributed by atoms with van der Waals surface area (Å²) in [5.41, 5.74) is 1.39. The molecule has 0 nitrogen and oxygen atoms in total. The van der Waals surface area contributed by atoms with Gasteiger partial charge in [0.05, 0.1) is 5.02 Å². The summed E-state index contributed by atoms with van der Waals surface area (Å²) in [7, 11) is 0. The van der Waals surface area contributed by atoms with Crippen LogP contribution in [0.5, 0.6) is 0 Å². The molecule has 2 aromatic carbocycles. The maximum absolute atomic E-state index is 13.6. The zero-order chi connectivity index (χ0) is 15.5. The van der Waals surface area contributed by atoms with Crippen LogP contribution in [-0.4, -0.2) is 11.8 Å². The molecule has 0 radical (unpaired) electrons. The smallest absolute Gasteiger partial charge is 0.142 e. The van der Waals surface area contributed by atoms with Gasteiger partial charge in [-0.3, -0.25) is 0 Å². The van der Waals surface area contributed by atoms with E-state index in [0.717, 1.165) is 15.6 Å². The Bertz CT molecular complexity index is 627. The minimum atomic E-state index is -0.451. The Balaban J connectivity index is 2.40. The van der Waals surface area contributed by atoms with Crippen molar-refractivity contribution < 1.29 is 4.39 Å². The lowest BCUT2D eigenvalue weighted by atomic mass is 9.79. The predicted molar refractivity (Wildman–Crippen MR) is 92.4 cm³/mol. The Morgan fingerprint density at radius 2 is 1.76 bits per heavy atom. The molecule has 112 valence electrons. The van der Waals surface area contributed by atoms with Gasteiger partial charge < -0.3 is 0 Å². The van der Waals surface area contributed by atoms with Crippen LogP contribution in [0.4, 0.5) is 4.39 Å². The molecule has 5 heteroatoms. The first kappa shape index (κ1) is 17.1. The molecule has 0 unspecified atom stereocenters. The van der Waals surface area contributed by atoms with Crippen molar-refractivity contribution in [1.82, 2.24) is 0 Å². The second-order valence-electron chi connectivity index (χ2n) is 4.98. The molecular weight excluding hydrogens is 397 g/mol. The van der Waals surface area contributed by atoms with Crippen molar-refractivity contribution in [2.75, 3.05) is 11.8 Å². The lowest BCUT2D eigenvalue weighted by Gasteiger charge is -2.30. The van der Waals surface area contributed by atoms with Crippen LogP contribution >= 0.6 is 50.7 Å². The van der Waals surface area contributed by atoms with E-state index in [9.17, 15) is 4.39 Å². The van der Waals surface area contributed by atoms with Crippen LogP contribution in [0.3, 0.4) is 0 Å². The first-order valence-corrected chi connectivity index (χ1v) is 8.57. The van der Waals surface area contributed by atoms with Crippen LogP contribution in [0.25, 0.3) is 0 Å². The molecule has 0 atom stereocenters. The van der Waals surface area contributed by atoms with Crippen LogP contribution in [-0.2, 0) is 11.8 Å². The molecule has 0 spiro atoms. The number of hydrogen-bond donors (Lipinski definition) is 0. The van der Waals surface area contributed by atoms with Gasteiger partial charge in [0.15, 0.2) is 0 Å². The van der Waals surface area contributed by atoms with Gasteiger partial charge in [-0.1, -0.05) is 45.7 Å². The molecule has 0 amide bonds. The summed E-state index contributed by atoms with van der Waals surface area (Å²) in [6, 6.07) is 12.7. The topological polar surface area (TPSA) is 0 Å². The van der Waals surface area contributed by atoms with Crippen molar-refractivity contribution >= 4 is 50.7 Å². The van der Waals surface area contributed by atoms with Gasteiger partial charge in [-0.25, -0.2) is 4.39 Å². The number of hydrogen-bond acceptors (Lipinski definition) is 0. The number of alkyl halides is 2. The average molecular weight is 411 g/mol. The molecule has 0 saturated heterocycles. The molecule has 0 fully saturated rings. The minimum absolute atomic E-state index is 0.114. The fraction of sp³-hybridized carbons (Fsp3) is 0.250. The van der Waals surface area contributed by atoms with Gasteiger partial charge in [0.1, 0.15) is 5.82 Å². The van der Waals surface area contributed by atoms with Gasteiger partial charge in [0, 0.05) is 21.6 Å². The van der Waals surface area contributed by atoms with Gasteiger partial charge in [-0.15, -0.1) is 23.2 Å². The predicted octanol–water partition coefficient (Wildman–Crippen LogP) is 6.20. The molecular formula is C16H13BrCl3F. The molecule has 0 bridgehead atoms. The van der Waals surface area contributed by atoms with Crippen LogP contribution < -0.4 is 0 Å². The van der Waals surface area contributed by atoms with E-state index < -0.39 is 11.2 Å². The number of benzene rings is 2. The summed E-state index contributed by atoms with van der Waals surface area (Å²) in [5, 5.41) is 0.114. The van der Waals surface area contributed by atoms with Crippen LogP contribution in [0.15, 0.2) is 46.9 Å². The largest absolute Gasteiger partial charge is 0.205 e. The quantitative estimate of drug-likeness (QED) is 0.515. The zero-order valence-corrected chi connectivity index (χ0v) is 14.9. The van der Waals surface area contributed by atoms with Crippen molar-refractivity contribution in [1.29, 1.82) is 0 Å².